The molecule has 1 saturated carbocycles. The molecule has 3 heteroatoms. The molecular formula is C11H23NO2. The maximum Gasteiger partial charge on any atom is 0.0581 e. The van der Waals surface area contributed by atoms with Gasteiger partial charge in [0, 0.05) is 13.2 Å². The van der Waals surface area contributed by atoms with Crippen LogP contribution in [0.3, 0.4) is 0 Å². The van der Waals surface area contributed by atoms with Gasteiger partial charge in [-0.2, -0.15) is 0 Å². The van der Waals surface area contributed by atoms with Gasteiger partial charge in [-0.05, 0) is 38.1 Å². The maximum atomic E-state index is 8.57. The van der Waals surface area contributed by atoms with Crippen molar-refractivity contribution in [3.05, 3.63) is 0 Å². The molecule has 1 rings (SSSR count). The first-order valence-corrected chi connectivity index (χ1v) is 5.79. The molecule has 3 nitrogen and oxygen atoms in total. The van der Waals surface area contributed by atoms with Crippen LogP contribution in [0.5, 0.6) is 0 Å². The molecule has 3 N–H and O–H groups in total. The molecular weight excluding hydrogens is 178 g/mol. The molecule has 1 aliphatic rings. The number of aliphatic hydroxyl groups is 1. The Hall–Kier alpha value is -0.120. The van der Waals surface area contributed by atoms with Crippen molar-refractivity contribution >= 4 is 0 Å². The normalized spacial score (nSPS) is 26.1. The van der Waals surface area contributed by atoms with Gasteiger partial charge in [-0.3, -0.25) is 0 Å². The van der Waals surface area contributed by atoms with Crippen LogP contribution in [-0.2, 0) is 4.74 Å². The van der Waals surface area contributed by atoms with E-state index in [9.17, 15) is 0 Å². The predicted molar refractivity (Wildman–Crippen MR) is 57.1 cm³/mol. The largest absolute Gasteiger partial charge is 0.396 e. The fraction of sp³-hybridized carbons (Fsp3) is 1.00. The van der Waals surface area contributed by atoms with E-state index in [1.807, 2.05) is 0 Å². The van der Waals surface area contributed by atoms with E-state index >= 15 is 0 Å². The summed E-state index contributed by atoms with van der Waals surface area (Å²) in [5, 5.41) is 8.57. The first-order valence-electron chi connectivity index (χ1n) is 5.79. The quantitative estimate of drug-likeness (QED) is 0.582. The Morgan fingerprint density at radius 2 is 1.86 bits per heavy atom. The minimum Gasteiger partial charge on any atom is -0.396 e. The van der Waals surface area contributed by atoms with Crippen molar-refractivity contribution < 1.29 is 9.84 Å². The van der Waals surface area contributed by atoms with Gasteiger partial charge < -0.3 is 15.6 Å². The third-order valence-corrected chi connectivity index (χ3v) is 2.93. The smallest absolute Gasteiger partial charge is 0.0581 e. The summed E-state index contributed by atoms with van der Waals surface area (Å²) in [6.07, 6.45) is 7.16. The van der Waals surface area contributed by atoms with Crippen molar-refractivity contribution in [3.63, 3.8) is 0 Å². The summed E-state index contributed by atoms with van der Waals surface area (Å²) in [5.74, 6) is 0.717. The van der Waals surface area contributed by atoms with E-state index in [-0.39, 0.29) is 0 Å². The van der Waals surface area contributed by atoms with Gasteiger partial charge in [-0.15, -0.1) is 0 Å². The lowest BCUT2D eigenvalue weighted by atomic mass is 9.82. The van der Waals surface area contributed by atoms with Crippen LogP contribution < -0.4 is 5.73 Å². The van der Waals surface area contributed by atoms with Crippen molar-refractivity contribution in [1.82, 2.24) is 0 Å². The maximum absolute atomic E-state index is 8.57. The van der Waals surface area contributed by atoms with E-state index in [0.29, 0.717) is 12.7 Å². The lowest BCUT2D eigenvalue weighted by molar-refractivity contribution is -0.0291. The van der Waals surface area contributed by atoms with Crippen LogP contribution in [0.25, 0.3) is 0 Å². The summed E-state index contributed by atoms with van der Waals surface area (Å²) in [4.78, 5) is 0. The third kappa shape index (κ3) is 4.40. The molecule has 1 fully saturated rings. The highest BCUT2D eigenvalue weighted by atomic mass is 16.5. The number of hydrogen-bond donors (Lipinski definition) is 2. The highest BCUT2D eigenvalue weighted by molar-refractivity contribution is 4.80. The third-order valence-electron chi connectivity index (χ3n) is 2.93. The number of aliphatic hydroxyl groups excluding tert-OH is 1. The lowest BCUT2D eigenvalue weighted by Gasteiger charge is -2.34. The van der Waals surface area contributed by atoms with Crippen molar-refractivity contribution in [3.8, 4) is 0 Å². The van der Waals surface area contributed by atoms with Gasteiger partial charge in [0.15, 0.2) is 0 Å². The van der Waals surface area contributed by atoms with Gasteiger partial charge in [0.05, 0.1) is 6.10 Å². The lowest BCUT2D eigenvalue weighted by Crippen LogP contribution is -2.36. The van der Waals surface area contributed by atoms with Gasteiger partial charge >= 0.3 is 0 Å². The van der Waals surface area contributed by atoms with Gasteiger partial charge in [-0.25, -0.2) is 0 Å². The summed E-state index contributed by atoms with van der Waals surface area (Å²) in [6.45, 7) is 2.02. The second-order valence-electron chi connectivity index (χ2n) is 4.20. The van der Waals surface area contributed by atoms with Gasteiger partial charge in [0.25, 0.3) is 0 Å². The van der Waals surface area contributed by atoms with Crippen LogP contribution >= 0.6 is 0 Å². The van der Waals surface area contributed by atoms with Gasteiger partial charge in [-0.1, -0.05) is 12.8 Å². The fourth-order valence-corrected chi connectivity index (χ4v) is 1.82. The second-order valence-corrected chi connectivity index (χ2v) is 4.20. The Bertz CT molecular complexity index is 135. The molecule has 0 saturated heterocycles. The molecule has 0 amide bonds. The number of unbranched alkanes of at least 4 members (excludes halogenated alkanes) is 3. The number of hydrogen-bond acceptors (Lipinski definition) is 3. The Morgan fingerprint density at radius 1 is 1.14 bits per heavy atom. The number of ether oxygens (including phenoxy) is 1. The summed E-state index contributed by atoms with van der Waals surface area (Å²) >= 11 is 0. The molecule has 0 heterocycles. The molecule has 14 heavy (non-hydrogen) atoms. The van der Waals surface area contributed by atoms with E-state index in [4.69, 9.17) is 15.6 Å². The van der Waals surface area contributed by atoms with Crippen molar-refractivity contribution in [2.45, 2.75) is 44.6 Å². The van der Waals surface area contributed by atoms with Gasteiger partial charge in [0.2, 0.25) is 0 Å². The summed E-state index contributed by atoms with van der Waals surface area (Å²) < 4.78 is 5.67. The molecule has 0 aromatic rings. The van der Waals surface area contributed by atoms with Crippen LogP contribution in [0.2, 0.25) is 0 Å². The fourth-order valence-electron chi connectivity index (χ4n) is 1.82. The standard InChI is InChI=1S/C11H23NO2/c12-9-10-7-11(8-10)14-6-4-2-1-3-5-13/h10-11,13H,1-9,12H2. The zero-order valence-electron chi connectivity index (χ0n) is 8.95. The Morgan fingerprint density at radius 3 is 2.50 bits per heavy atom. The Balaban J connectivity index is 1.77. The van der Waals surface area contributed by atoms with E-state index < -0.39 is 0 Å². The molecule has 0 aromatic carbocycles. The van der Waals surface area contributed by atoms with E-state index in [1.165, 1.54) is 6.42 Å². The van der Waals surface area contributed by atoms with Crippen molar-refractivity contribution in [2.75, 3.05) is 19.8 Å². The molecule has 0 aromatic heterocycles. The average Bonchev–Trinajstić information content (AvgIpc) is 2.14. The van der Waals surface area contributed by atoms with E-state index in [0.717, 1.165) is 51.2 Å². The zero-order chi connectivity index (χ0) is 10.2. The Labute approximate surface area is 86.6 Å². The first-order chi connectivity index (χ1) is 6.86. The molecule has 0 aliphatic heterocycles. The summed E-state index contributed by atoms with van der Waals surface area (Å²) in [5.41, 5.74) is 5.53. The summed E-state index contributed by atoms with van der Waals surface area (Å²) in [6, 6.07) is 0. The topological polar surface area (TPSA) is 55.5 Å². The minimum atomic E-state index is 0.321. The SMILES string of the molecule is NCC1CC(OCCCCCCO)C1. The van der Waals surface area contributed by atoms with Crippen LogP contribution in [0.4, 0.5) is 0 Å². The minimum absolute atomic E-state index is 0.321. The molecule has 84 valence electrons. The van der Waals surface area contributed by atoms with Crippen LogP contribution in [0.15, 0.2) is 0 Å². The van der Waals surface area contributed by atoms with E-state index in [2.05, 4.69) is 0 Å². The molecule has 0 unspecified atom stereocenters. The van der Waals surface area contributed by atoms with Crippen LogP contribution in [0, 0.1) is 5.92 Å². The second kappa shape index (κ2) is 7.21. The highest BCUT2D eigenvalue weighted by Gasteiger charge is 2.28. The summed E-state index contributed by atoms with van der Waals surface area (Å²) in [7, 11) is 0. The van der Waals surface area contributed by atoms with Crippen LogP contribution in [-0.4, -0.2) is 31.0 Å². The average molecular weight is 201 g/mol. The number of rotatable bonds is 8. The van der Waals surface area contributed by atoms with Crippen molar-refractivity contribution in [1.29, 1.82) is 0 Å². The molecule has 0 bridgehead atoms. The highest BCUT2D eigenvalue weighted by Crippen LogP contribution is 2.28. The number of nitrogens with two attached hydrogens (primary N) is 1. The molecule has 0 spiro atoms. The van der Waals surface area contributed by atoms with Crippen LogP contribution in [0.1, 0.15) is 38.5 Å². The van der Waals surface area contributed by atoms with E-state index in [1.54, 1.807) is 0 Å². The predicted octanol–water partition coefficient (Wildman–Crippen LogP) is 1.29. The molecule has 0 atom stereocenters. The Kier molecular flexibility index (Phi) is 6.15. The zero-order valence-corrected chi connectivity index (χ0v) is 8.95. The van der Waals surface area contributed by atoms with Gasteiger partial charge in [0.1, 0.15) is 0 Å². The monoisotopic (exact) mass is 201 g/mol. The first kappa shape index (κ1) is 12.0. The van der Waals surface area contributed by atoms with Crippen molar-refractivity contribution in [2.24, 2.45) is 11.7 Å². The molecule has 1 aliphatic carbocycles. The molecule has 0 radical (unpaired) electrons.